The van der Waals surface area contributed by atoms with E-state index in [1.165, 1.54) is 7.11 Å². The molecule has 0 radical (unpaired) electrons. The van der Waals surface area contributed by atoms with Gasteiger partial charge in [0.15, 0.2) is 0 Å². The van der Waals surface area contributed by atoms with E-state index in [2.05, 4.69) is 0 Å². The molecule has 1 aliphatic rings. The molecule has 1 saturated heterocycles. The van der Waals surface area contributed by atoms with E-state index < -0.39 is 0 Å². The Kier molecular flexibility index (Phi) is 4.33. The molecule has 1 unspecified atom stereocenters. The number of ether oxygens (including phenoxy) is 1. The summed E-state index contributed by atoms with van der Waals surface area (Å²) in [6, 6.07) is 3.52. The molecule has 1 aromatic carbocycles. The third-order valence-corrected chi connectivity index (χ3v) is 4.04. The van der Waals surface area contributed by atoms with Crippen LogP contribution in [0.4, 0.5) is 5.69 Å². The summed E-state index contributed by atoms with van der Waals surface area (Å²) >= 11 is 5.85. The first-order chi connectivity index (χ1) is 9.47. The van der Waals surface area contributed by atoms with Crippen LogP contribution in [-0.4, -0.2) is 31.4 Å². The summed E-state index contributed by atoms with van der Waals surface area (Å²) in [6.45, 7) is 4.44. The van der Waals surface area contributed by atoms with Crippen LogP contribution in [0.3, 0.4) is 0 Å². The molecular formula is C15H18ClNO3. The number of halogens is 1. The van der Waals surface area contributed by atoms with Crippen molar-refractivity contribution in [2.45, 2.75) is 20.3 Å². The third-order valence-electron chi connectivity index (χ3n) is 3.61. The fourth-order valence-electron chi connectivity index (χ4n) is 2.72. The SMILES string of the molecule is COC(=O)c1cc(C)c(N2CC(CCl)CC2=O)c(C)c1. The minimum atomic E-state index is -0.367. The van der Waals surface area contributed by atoms with Crippen LogP contribution in [0.1, 0.15) is 27.9 Å². The second-order valence-corrected chi connectivity index (χ2v) is 5.49. The lowest BCUT2D eigenvalue weighted by molar-refractivity contribution is -0.117. The van der Waals surface area contributed by atoms with Crippen LogP contribution in [0.5, 0.6) is 0 Å². The van der Waals surface area contributed by atoms with Crippen molar-refractivity contribution in [2.24, 2.45) is 5.92 Å². The zero-order valence-corrected chi connectivity index (χ0v) is 12.7. The molecule has 0 saturated carbocycles. The van der Waals surface area contributed by atoms with Gasteiger partial charge in [-0.3, -0.25) is 4.79 Å². The van der Waals surface area contributed by atoms with Gasteiger partial charge in [0.1, 0.15) is 0 Å². The predicted octanol–water partition coefficient (Wildman–Crippen LogP) is 2.68. The summed E-state index contributed by atoms with van der Waals surface area (Å²) in [5, 5.41) is 0. The lowest BCUT2D eigenvalue weighted by Crippen LogP contribution is -2.26. The average molecular weight is 296 g/mol. The summed E-state index contributed by atoms with van der Waals surface area (Å²) in [5.41, 5.74) is 3.19. The topological polar surface area (TPSA) is 46.6 Å². The Labute approximate surface area is 123 Å². The first-order valence-corrected chi connectivity index (χ1v) is 7.07. The van der Waals surface area contributed by atoms with Gasteiger partial charge >= 0.3 is 5.97 Å². The highest BCUT2D eigenvalue weighted by atomic mass is 35.5. The molecule has 0 spiro atoms. The molecule has 0 aromatic heterocycles. The Balaban J connectivity index is 2.38. The van der Waals surface area contributed by atoms with Crippen LogP contribution in [0.2, 0.25) is 0 Å². The number of methoxy groups -OCH3 is 1. The maximum atomic E-state index is 12.1. The molecular weight excluding hydrogens is 278 g/mol. The van der Waals surface area contributed by atoms with Gasteiger partial charge in [-0.05, 0) is 43.0 Å². The van der Waals surface area contributed by atoms with Gasteiger partial charge in [-0.2, -0.15) is 0 Å². The average Bonchev–Trinajstić information content (AvgIpc) is 2.78. The molecule has 1 aliphatic heterocycles. The molecule has 5 heteroatoms. The second kappa shape index (κ2) is 5.83. The molecule has 0 aliphatic carbocycles. The van der Waals surface area contributed by atoms with Gasteiger partial charge in [0, 0.05) is 24.5 Å². The third kappa shape index (κ3) is 2.66. The summed E-state index contributed by atoms with van der Waals surface area (Å²) in [6.07, 6.45) is 0.487. The van der Waals surface area contributed by atoms with Crippen molar-refractivity contribution in [2.75, 3.05) is 24.4 Å². The van der Waals surface area contributed by atoms with Gasteiger partial charge in [0.2, 0.25) is 5.91 Å². The number of benzene rings is 1. The number of carbonyl (C=O) groups excluding carboxylic acids is 2. The summed E-state index contributed by atoms with van der Waals surface area (Å²) in [7, 11) is 1.36. The van der Waals surface area contributed by atoms with E-state index in [4.69, 9.17) is 16.3 Å². The Morgan fingerprint density at radius 3 is 2.45 bits per heavy atom. The van der Waals surface area contributed by atoms with Crippen LogP contribution < -0.4 is 4.90 Å². The van der Waals surface area contributed by atoms with Crippen molar-refractivity contribution in [1.82, 2.24) is 0 Å². The predicted molar refractivity (Wildman–Crippen MR) is 78.4 cm³/mol. The van der Waals surface area contributed by atoms with Crippen molar-refractivity contribution in [1.29, 1.82) is 0 Å². The fraction of sp³-hybridized carbons (Fsp3) is 0.467. The summed E-state index contributed by atoms with van der Waals surface area (Å²) in [5.74, 6) is 0.408. The number of rotatable bonds is 3. The zero-order chi connectivity index (χ0) is 14.9. The number of alkyl halides is 1. The number of nitrogens with zero attached hydrogens (tertiary/aromatic N) is 1. The van der Waals surface area contributed by atoms with Crippen molar-refractivity contribution >= 4 is 29.2 Å². The molecule has 1 amide bonds. The number of esters is 1. The van der Waals surface area contributed by atoms with Crippen LogP contribution in [0.25, 0.3) is 0 Å². The first kappa shape index (κ1) is 14.9. The van der Waals surface area contributed by atoms with Crippen LogP contribution >= 0.6 is 11.6 Å². The standard InChI is InChI=1S/C15H18ClNO3/c1-9-4-12(15(19)20-3)5-10(2)14(9)17-8-11(7-16)6-13(17)18/h4-5,11H,6-8H2,1-3H3. The molecule has 1 fully saturated rings. The summed E-state index contributed by atoms with van der Waals surface area (Å²) in [4.78, 5) is 25.5. The van der Waals surface area contributed by atoms with Gasteiger partial charge in [-0.1, -0.05) is 0 Å². The van der Waals surface area contributed by atoms with Crippen LogP contribution in [0, 0.1) is 19.8 Å². The van der Waals surface area contributed by atoms with Gasteiger partial charge in [0.05, 0.1) is 12.7 Å². The van der Waals surface area contributed by atoms with Crippen molar-refractivity contribution in [3.05, 3.63) is 28.8 Å². The van der Waals surface area contributed by atoms with Gasteiger partial charge in [0.25, 0.3) is 0 Å². The van der Waals surface area contributed by atoms with E-state index in [0.717, 1.165) is 16.8 Å². The van der Waals surface area contributed by atoms with E-state index in [-0.39, 0.29) is 17.8 Å². The lowest BCUT2D eigenvalue weighted by Gasteiger charge is -2.22. The highest BCUT2D eigenvalue weighted by Crippen LogP contribution is 2.32. The maximum Gasteiger partial charge on any atom is 0.337 e. The van der Waals surface area contributed by atoms with Crippen LogP contribution in [-0.2, 0) is 9.53 Å². The van der Waals surface area contributed by atoms with E-state index in [0.29, 0.717) is 24.4 Å². The number of hydrogen-bond acceptors (Lipinski definition) is 3. The van der Waals surface area contributed by atoms with Crippen molar-refractivity contribution < 1.29 is 14.3 Å². The molecule has 0 N–H and O–H groups in total. The van der Waals surface area contributed by atoms with E-state index in [1.54, 1.807) is 17.0 Å². The molecule has 0 bridgehead atoms. The van der Waals surface area contributed by atoms with Gasteiger partial charge < -0.3 is 9.64 Å². The van der Waals surface area contributed by atoms with Crippen molar-refractivity contribution in [3.8, 4) is 0 Å². The smallest absolute Gasteiger partial charge is 0.337 e. The van der Waals surface area contributed by atoms with E-state index >= 15 is 0 Å². The quantitative estimate of drug-likeness (QED) is 0.636. The van der Waals surface area contributed by atoms with E-state index in [9.17, 15) is 9.59 Å². The van der Waals surface area contributed by atoms with Gasteiger partial charge in [-0.25, -0.2) is 4.79 Å². The number of anilines is 1. The maximum absolute atomic E-state index is 12.1. The Bertz CT molecular complexity index is 533. The molecule has 4 nitrogen and oxygen atoms in total. The van der Waals surface area contributed by atoms with Crippen molar-refractivity contribution in [3.63, 3.8) is 0 Å². The largest absolute Gasteiger partial charge is 0.465 e. The normalized spacial score (nSPS) is 18.5. The monoisotopic (exact) mass is 295 g/mol. The zero-order valence-electron chi connectivity index (χ0n) is 11.9. The number of hydrogen-bond donors (Lipinski definition) is 0. The minimum Gasteiger partial charge on any atom is -0.465 e. The molecule has 1 heterocycles. The molecule has 2 rings (SSSR count). The summed E-state index contributed by atoms with van der Waals surface area (Å²) < 4.78 is 4.73. The van der Waals surface area contributed by atoms with Gasteiger partial charge in [-0.15, -0.1) is 11.6 Å². The highest BCUT2D eigenvalue weighted by Gasteiger charge is 2.31. The molecule has 108 valence electrons. The molecule has 20 heavy (non-hydrogen) atoms. The first-order valence-electron chi connectivity index (χ1n) is 6.53. The number of carbonyl (C=O) groups is 2. The second-order valence-electron chi connectivity index (χ2n) is 5.18. The Morgan fingerprint density at radius 1 is 1.40 bits per heavy atom. The Morgan fingerprint density at radius 2 is 2.00 bits per heavy atom. The molecule has 1 aromatic rings. The highest BCUT2D eigenvalue weighted by molar-refractivity contribution is 6.18. The number of aryl methyl sites for hydroxylation is 2. The number of amides is 1. The lowest BCUT2D eigenvalue weighted by atomic mass is 10.0. The Hall–Kier alpha value is -1.55. The van der Waals surface area contributed by atoms with Crippen LogP contribution in [0.15, 0.2) is 12.1 Å². The molecule has 1 atom stereocenters. The van der Waals surface area contributed by atoms with E-state index in [1.807, 2.05) is 13.8 Å². The fourth-order valence-corrected chi connectivity index (χ4v) is 2.93. The minimum absolute atomic E-state index is 0.0904.